The normalized spacial score (nSPS) is 31.0. The van der Waals surface area contributed by atoms with Crippen molar-refractivity contribution in [3.63, 3.8) is 0 Å². The number of carboxylic acid groups (broad SMARTS) is 1. The first-order chi connectivity index (χ1) is 12.7. The predicted molar refractivity (Wildman–Crippen MR) is 99.8 cm³/mol. The van der Waals surface area contributed by atoms with Crippen LogP contribution in [0.3, 0.4) is 0 Å². The SMILES string of the molecule is COc1ccc([C@@H]2Nc3c(C(=O)O)cccc3[C@H]3[C@H]4CC[C@@H](C4)[C@H]32)cc1. The average molecular weight is 349 g/mol. The molecule has 26 heavy (non-hydrogen) atoms. The molecule has 2 N–H and O–H groups in total. The molecule has 5 rings (SSSR count). The van der Waals surface area contributed by atoms with E-state index in [0.29, 0.717) is 23.3 Å². The highest BCUT2D eigenvalue weighted by Gasteiger charge is 2.54. The first-order valence-electron chi connectivity index (χ1n) is 9.44. The Kier molecular flexibility index (Phi) is 3.49. The van der Waals surface area contributed by atoms with Crippen molar-refractivity contribution in [2.24, 2.45) is 17.8 Å². The Labute approximate surface area is 153 Å². The average Bonchev–Trinajstić information content (AvgIpc) is 3.29. The summed E-state index contributed by atoms with van der Waals surface area (Å²) in [6, 6.07) is 14.1. The molecule has 0 aromatic heterocycles. The van der Waals surface area contributed by atoms with Crippen molar-refractivity contribution in [1.29, 1.82) is 0 Å². The zero-order valence-electron chi connectivity index (χ0n) is 14.8. The van der Waals surface area contributed by atoms with Crippen LogP contribution in [0.4, 0.5) is 5.69 Å². The maximum atomic E-state index is 11.8. The van der Waals surface area contributed by atoms with Crippen LogP contribution in [0.25, 0.3) is 0 Å². The van der Waals surface area contributed by atoms with Gasteiger partial charge in [-0.1, -0.05) is 24.3 Å². The molecule has 4 nitrogen and oxygen atoms in total. The smallest absolute Gasteiger partial charge is 0.337 e. The fourth-order valence-corrected chi connectivity index (χ4v) is 5.83. The highest BCUT2D eigenvalue weighted by atomic mass is 16.5. The number of carbonyl (C=O) groups is 1. The van der Waals surface area contributed by atoms with Crippen molar-refractivity contribution in [2.75, 3.05) is 12.4 Å². The quantitative estimate of drug-likeness (QED) is 0.844. The Morgan fingerprint density at radius 2 is 1.88 bits per heavy atom. The van der Waals surface area contributed by atoms with Crippen LogP contribution in [0.5, 0.6) is 5.75 Å². The molecular formula is C22H23NO3. The van der Waals surface area contributed by atoms with Gasteiger partial charge in [-0.2, -0.15) is 0 Å². The highest BCUT2D eigenvalue weighted by molar-refractivity contribution is 5.95. The van der Waals surface area contributed by atoms with Gasteiger partial charge in [0.05, 0.1) is 24.4 Å². The number of fused-ring (bicyclic) bond motifs is 7. The van der Waals surface area contributed by atoms with Crippen LogP contribution in [0.15, 0.2) is 42.5 Å². The number of hydrogen-bond donors (Lipinski definition) is 2. The van der Waals surface area contributed by atoms with Crippen molar-refractivity contribution in [2.45, 2.75) is 31.2 Å². The number of para-hydroxylation sites is 1. The molecule has 0 saturated heterocycles. The van der Waals surface area contributed by atoms with E-state index in [0.717, 1.165) is 17.4 Å². The number of rotatable bonds is 3. The lowest BCUT2D eigenvalue weighted by atomic mass is 9.67. The number of anilines is 1. The van der Waals surface area contributed by atoms with Gasteiger partial charge in [-0.3, -0.25) is 0 Å². The van der Waals surface area contributed by atoms with Crippen molar-refractivity contribution in [1.82, 2.24) is 0 Å². The minimum atomic E-state index is -0.857. The second kappa shape index (κ2) is 5.76. The van der Waals surface area contributed by atoms with Crippen molar-refractivity contribution in [3.8, 4) is 5.75 Å². The molecule has 1 heterocycles. The van der Waals surface area contributed by atoms with Crippen LogP contribution in [0.1, 0.15) is 52.7 Å². The van der Waals surface area contributed by atoms with Crippen LogP contribution in [-0.4, -0.2) is 18.2 Å². The molecule has 1 aliphatic heterocycles. The van der Waals surface area contributed by atoms with E-state index >= 15 is 0 Å². The highest BCUT2D eigenvalue weighted by Crippen LogP contribution is 2.64. The topological polar surface area (TPSA) is 58.6 Å². The van der Waals surface area contributed by atoms with Gasteiger partial charge in [0.15, 0.2) is 0 Å². The van der Waals surface area contributed by atoms with Gasteiger partial charge in [0, 0.05) is 0 Å². The van der Waals surface area contributed by atoms with E-state index in [1.807, 2.05) is 18.2 Å². The Balaban J connectivity index is 1.64. The van der Waals surface area contributed by atoms with E-state index in [9.17, 15) is 9.90 Å². The third kappa shape index (κ3) is 2.17. The molecule has 2 aromatic rings. The molecule has 0 amide bonds. The van der Waals surface area contributed by atoms with Gasteiger partial charge in [0.1, 0.15) is 5.75 Å². The summed E-state index contributed by atoms with van der Waals surface area (Å²) in [5, 5.41) is 13.3. The summed E-state index contributed by atoms with van der Waals surface area (Å²) in [6.45, 7) is 0. The van der Waals surface area contributed by atoms with Crippen LogP contribution >= 0.6 is 0 Å². The van der Waals surface area contributed by atoms with Crippen LogP contribution < -0.4 is 10.1 Å². The lowest BCUT2D eigenvalue weighted by molar-refractivity contribution is 0.0697. The summed E-state index contributed by atoms with van der Waals surface area (Å²) in [6.07, 6.45) is 3.85. The molecule has 5 atom stereocenters. The third-order valence-electron chi connectivity index (χ3n) is 6.83. The zero-order chi connectivity index (χ0) is 17.8. The Bertz CT molecular complexity index is 860. The molecule has 2 bridgehead atoms. The molecule has 0 unspecified atom stereocenters. The first-order valence-corrected chi connectivity index (χ1v) is 9.44. The van der Waals surface area contributed by atoms with Gasteiger partial charge >= 0.3 is 5.97 Å². The Hall–Kier alpha value is -2.49. The second-order valence-electron chi connectivity index (χ2n) is 7.91. The molecule has 2 saturated carbocycles. The fraction of sp³-hybridized carbons (Fsp3) is 0.409. The fourth-order valence-electron chi connectivity index (χ4n) is 5.83. The van der Waals surface area contributed by atoms with Gasteiger partial charge < -0.3 is 15.2 Å². The summed E-state index contributed by atoms with van der Waals surface area (Å²) < 4.78 is 5.30. The van der Waals surface area contributed by atoms with Crippen molar-refractivity contribution >= 4 is 11.7 Å². The van der Waals surface area contributed by atoms with Gasteiger partial charge in [0.2, 0.25) is 0 Å². The Morgan fingerprint density at radius 3 is 2.62 bits per heavy atom. The summed E-state index contributed by atoms with van der Waals surface area (Å²) in [7, 11) is 1.68. The number of aromatic carboxylic acids is 1. The number of carboxylic acids is 1. The van der Waals surface area contributed by atoms with Crippen molar-refractivity contribution < 1.29 is 14.6 Å². The minimum absolute atomic E-state index is 0.161. The molecule has 0 spiro atoms. The number of benzene rings is 2. The van der Waals surface area contributed by atoms with Gasteiger partial charge in [-0.25, -0.2) is 4.79 Å². The van der Waals surface area contributed by atoms with E-state index in [-0.39, 0.29) is 6.04 Å². The Morgan fingerprint density at radius 1 is 1.12 bits per heavy atom. The van der Waals surface area contributed by atoms with Gasteiger partial charge in [0.25, 0.3) is 0 Å². The van der Waals surface area contributed by atoms with Crippen LogP contribution in [0, 0.1) is 17.8 Å². The predicted octanol–water partition coefficient (Wildman–Crippen LogP) is 4.69. The minimum Gasteiger partial charge on any atom is -0.497 e. The third-order valence-corrected chi connectivity index (χ3v) is 6.83. The molecule has 134 valence electrons. The van der Waals surface area contributed by atoms with E-state index in [2.05, 4.69) is 23.5 Å². The molecule has 3 aliphatic rings. The number of nitrogens with one attached hydrogen (secondary N) is 1. The largest absolute Gasteiger partial charge is 0.497 e. The molecular weight excluding hydrogens is 326 g/mol. The standard InChI is InChI=1S/C22H23NO3/c1-26-15-9-7-12(8-10-15)20-19-14-6-5-13(11-14)18(19)16-3-2-4-17(22(24)25)21(16)23-20/h2-4,7-10,13-14,18-20,23H,5-6,11H2,1H3,(H,24,25)/t13-,14-,18+,19+,20-/m0/s1. The molecule has 4 heteroatoms. The van der Waals surface area contributed by atoms with E-state index in [1.54, 1.807) is 13.2 Å². The van der Waals surface area contributed by atoms with Crippen molar-refractivity contribution in [3.05, 3.63) is 59.2 Å². The first kappa shape index (κ1) is 15.7. The summed E-state index contributed by atoms with van der Waals surface area (Å²) in [5.74, 6) is 2.42. The zero-order valence-corrected chi connectivity index (χ0v) is 14.8. The molecule has 2 fully saturated rings. The lowest BCUT2D eigenvalue weighted by Crippen LogP contribution is -2.36. The summed E-state index contributed by atoms with van der Waals surface area (Å²) >= 11 is 0. The maximum Gasteiger partial charge on any atom is 0.337 e. The van der Waals surface area contributed by atoms with Crippen LogP contribution in [0.2, 0.25) is 0 Å². The molecule has 0 radical (unpaired) electrons. The van der Waals surface area contributed by atoms with E-state index in [4.69, 9.17) is 4.74 Å². The lowest BCUT2D eigenvalue weighted by Gasteiger charge is -2.44. The number of methoxy groups -OCH3 is 1. The van der Waals surface area contributed by atoms with Crippen LogP contribution in [-0.2, 0) is 0 Å². The number of hydrogen-bond acceptors (Lipinski definition) is 3. The molecule has 2 aliphatic carbocycles. The maximum absolute atomic E-state index is 11.8. The van der Waals surface area contributed by atoms with E-state index < -0.39 is 5.97 Å². The second-order valence-corrected chi connectivity index (χ2v) is 7.91. The van der Waals surface area contributed by atoms with Gasteiger partial charge in [-0.05, 0) is 72.3 Å². The van der Waals surface area contributed by atoms with E-state index in [1.165, 1.54) is 30.4 Å². The summed E-state index contributed by atoms with van der Waals surface area (Å²) in [5.41, 5.74) is 3.66. The monoisotopic (exact) mass is 349 g/mol. The van der Waals surface area contributed by atoms with Gasteiger partial charge in [-0.15, -0.1) is 0 Å². The molecule has 2 aromatic carbocycles. The summed E-state index contributed by atoms with van der Waals surface area (Å²) in [4.78, 5) is 11.8. The number of ether oxygens (including phenoxy) is 1.